The number of amides is 1. The molecule has 0 unspecified atom stereocenters. The summed E-state index contributed by atoms with van der Waals surface area (Å²) < 4.78 is 0. The van der Waals surface area contributed by atoms with Crippen molar-refractivity contribution in [2.75, 3.05) is 51.2 Å². The molecule has 2 saturated heterocycles. The molecule has 2 fully saturated rings. The molecule has 120 valence electrons. The van der Waals surface area contributed by atoms with Crippen LogP contribution in [-0.4, -0.2) is 73.0 Å². The first-order valence-corrected chi connectivity index (χ1v) is 8.07. The van der Waals surface area contributed by atoms with Gasteiger partial charge >= 0.3 is 0 Å². The van der Waals surface area contributed by atoms with Crippen molar-refractivity contribution >= 4 is 11.7 Å². The molecule has 2 aliphatic rings. The molecule has 0 aliphatic carbocycles. The Morgan fingerprint density at radius 1 is 1.18 bits per heavy atom. The summed E-state index contributed by atoms with van der Waals surface area (Å²) in [6.07, 6.45) is 4.20. The molecule has 2 aliphatic heterocycles. The number of anilines is 1. The molecule has 3 heterocycles. The first kappa shape index (κ1) is 15.2. The zero-order valence-electron chi connectivity index (χ0n) is 13.2. The largest absolute Gasteiger partial charge is 0.366 e. The predicted octanol–water partition coefficient (Wildman–Crippen LogP) is 0.397. The summed E-state index contributed by atoms with van der Waals surface area (Å²) in [6.45, 7) is 6.46. The van der Waals surface area contributed by atoms with Crippen LogP contribution in [-0.2, 0) is 0 Å². The molecular formula is C16H25N5O. The molecule has 6 heteroatoms. The standard InChI is InChI=1S/C16H25N5O/c1-19-6-3-14(4-7-19)20-8-10-21(11-9-20)15-12-13(16(17)22)2-5-18-15/h2,5,12,14H,3-4,6-11H2,1H3,(H2,17,22). The van der Waals surface area contributed by atoms with Crippen molar-refractivity contribution in [1.82, 2.24) is 14.8 Å². The number of primary amides is 1. The number of likely N-dealkylation sites (tertiary alicyclic amines) is 1. The first-order chi connectivity index (χ1) is 10.6. The number of piperazine rings is 1. The van der Waals surface area contributed by atoms with Gasteiger partial charge in [-0.2, -0.15) is 0 Å². The van der Waals surface area contributed by atoms with Crippen molar-refractivity contribution in [3.05, 3.63) is 23.9 Å². The first-order valence-electron chi connectivity index (χ1n) is 8.07. The highest BCUT2D eigenvalue weighted by atomic mass is 16.1. The molecule has 0 aromatic carbocycles. The molecule has 2 N–H and O–H groups in total. The van der Waals surface area contributed by atoms with Crippen molar-refractivity contribution in [2.24, 2.45) is 5.73 Å². The Bertz CT molecular complexity index is 519. The van der Waals surface area contributed by atoms with Crippen LogP contribution in [0.3, 0.4) is 0 Å². The summed E-state index contributed by atoms with van der Waals surface area (Å²) in [5, 5.41) is 0. The normalized spacial score (nSPS) is 22.0. The fourth-order valence-electron chi connectivity index (χ4n) is 3.42. The number of pyridine rings is 1. The summed E-state index contributed by atoms with van der Waals surface area (Å²) >= 11 is 0. The van der Waals surface area contributed by atoms with Gasteiger partial charge in [-0.3, -0.25) is 9.69 Å². The van der Waals surface area contributed by atoms with Crippen LogP contribution in [0.1, 0.15) is 23.2 Å². The minimum Gasteiger partial charge on any atom is -0.366 e. The fourth-order valence-corrected chi connectivity index (χ4v) is 3.42. The summed E-state index contributed by atoms with van der Waals surface area (Å²) in [6, 6.07) is 4.19. The number of carbonyl (C=O) groups excluding carboxylic acids is 1. The van der Waals surface area contributed by atoms with Gasteiger partial charge in [0.05, 0.1) is 0 Å². The molecule has 0 bridgehead atoms. The highest BCUT2D eigenvalue weighted by Crippen LogP contribution is 2.20. The maximum absolute atomic E-state index is 11.3. The van der Waals surface area contributed by atoms with Crippen molar-refractivity contribution in [3.8, 4) is 0 Å². The van der Waals surface area contributed by atoms with E-state index in [9.17, 15) is 4.79 Å². The van der Waals surface area contributed by atoms with Gasteiger partial charge in [0.15, 0.2) is 0 Å². The van der Waals surface area contributed by atoms with Gasteiger partial charge in [-0.15, -0.1) is 0 Å². The lowest BCUT2D eigenvalue weighted by molar-refractivity contribution is 0.1000. The number of piperidine rings is 1. The van der Waals surface area contributed by atoms with E-state index >= 15 is 0 Å². The van der Waals surface area contributed by atoms with E-state index in [0.29, 0.717) is 5.56 Å². The van der Waals surface area contributed by atoms with E-state index in [2.05, 4.69) is 26.7 Å². The molecule has 0 radical (unpaired) electrons. The highest BCUT2D eigenvalue weighted by molar-refractivity contribution is 5.93. The maximum atomic E-state index is 11.3. The van der Waals surface area contributed by atoms with Crippen LogP contribution in [0.4, 0.5) is 5.82 Å². The summed E-state index contributed by atoms with van der Waals surface area (Å²) in [7, 11) is 2.20. The Morgan fingerprint density at radius 2 is 1.86 bits per heavy atom. The van der Waals surface area contributed by atoms with Gasteiger partial charge in [0.2, 0.25) is 5.91 Å². The van der Waals surface area contributed by atoms with Gasteiger partial charge in [0, 0.05) is 44.0 Å². The molecule has 3 rings (SSSR count). The lowest BCUT2D eigenvalue weighted by Crippen LogP contribution is -2.53. The average Bonchev–Trinajstić information content (AvgIpc) is 2.56. The molecular weight excluding hydrogens is 278 g/mol. The second-order valence-electron chi connectivity index (χ2n) is 6.32. The zero-order valence-corrected chi connectivity index (χ0v) is 13.2. The monoisotopic (exact) mass is 303 g/mol. The predicted molar refractivity (Wildman–Crippen MR) is 87.1 cm³/mol. The minimum absolute atomic E-state index is 0.395. The molecule has 0 atom stereocenters. The Morgan fingerprint density at radius 3 is 2.50 bits per heavy atom. The zero-order chi connectivity index (χ0) is 15.5. The molecule has 1 aromatic heterocycles. The molecule has 1 amide bonds. The second-order valence-corrected chi connectivity index (χ2v) is 6.32. The van der Waals surface area contributed by atoms with E-state index in [1.807, 2.05) is 0 Å². The smallest absolute Gasteiger partial charge is 0.248 e. The Hall–Kier alpha value is -1.66. The van der Waals surface area contributed by atoms with E-state index in [4.69, 9.17) is 5.73 Å². The summed E-state index contributed by atoms with van der Waals surface area (Å²) in [5.74, 6) is 0.466. The van der Waals surface area contributed by atoms with Crippen molar-refractivity contribution in [3.63, 3.8) is 0 Å². The van der Waals surface area contributed by atoms with Gasteiger partial charge in [-0.05, 0) is 45.1 Å². The third-order valence-corrected chi connectivity index (χ3v) is 4.87. The second kappa shape index (κ2) is 6.62. The van der Waals surface area contributed by atoms with Crippen molar-refractivity contribution < 1.29 is 4.79 Å². The summed E-state index contributed by atoms with van der Waals surface area (Å²) in [4.78, 5) is 22.9. The molecule has 1 aromatic rings. The van der Waals surface area contributed by atoms with E-state index in [-0.39, 0.29) is 0 Å². The molecule has 22 heavy (non-hydrogen) atoms. The van der Waals surface area contributed by atoms with E-state index in [1.54, 1.807) is 18.3 Å². The number of rotatable bonds is 3. The van der Waals surface area contributed by atoms with Crippen LogP contribution >= 0.6 is 0 Å². The minimum atomic E-state index is -0.395. The lowest BCUT2D eigenvalue weighted by atomic mass is 10.0. The third-order valence-electron chi connectivity index (χ3n) is 4.87. The summed E-state index contributed by atoms with van der Waals surface area (Å²) in [5.41, 5.74) is 5.88. The van der Waals surface area contributed by atoms with Crippen molar-refractivity contribution in [2.45, 2.75) is 18.9 Å². The van der Waals surface area contributed by atoms with Gasteiger partial charge in [0.1, 0.15) is 5.82 Å². The quantitative estimate of drug-likeness (QED) is 0.875. The van der Waals surface area contributed by atoms with Crippen LogP contribution in [0.25, 0.3) is 0 Å². The Labute approximate surface area is 131 Å². The number of carbonyl (C=O) groups is 1. The van der Waals surface area contributed by atoms with Gasteiger partial charge in [0.25, 0.3) is 0 Å². The van der Waals surface area contributed by atoms with Gasteiger partial charge in [-0.25, -0.2) is 4.98 Å². The average molecular weight is 303 g/mol. The van der Waals surface area contributed by atoms with Gasteiger partial charge in [-0.1, -0.05) is 0 Å². The number of aromatic nitrogens is 1. The van der Waals surface area contributed by atoms with Crippen molar-refractivity contribution in [1.29, 1.82) is 0 Å². The van der Waals surface area contributed by atoms with E-state index < -0.39 is 5.91 Å². The Kier molecular flexibility index (Phi) is 4.59. The molecule has 0 saturated carbocycles. The van der Waals surface area contributed by atoms with E-state index in [1.165, 1.54) is 25.9 Å². The number of hydrogen-bond donors (Lipinski definition) is 1. The van der Waals surface area contributed by atoms with Crippen LogP contribution in [0.5, 0.6) is 0 Å². The number of hydrogen-bond acceptors (Lipinski definition) is 5. The van der Waals surface area contributed by atoms with Crippen LogP contribution in [0, 0.1) is 0 Å². The van der Waals surface area contributed by atoms with Gasteiger partial charge < -0.3 is 15.5 Å². The molecule has 6 nitrogen and oxygen atoms in total. The highest BCUT2D eigenvalue weighted by Gasteiger charge is 2.26. The number of nitrogens with two attached hydrogens (primary N) is 1. The SMILES string of the molecule is CN1CCC(N2CCN(c3cc(C(N)=O)ccn3)CC2)CC1. The van der Waals surface area contributed by atoms with Crippen LogP contribution in [0.2, 0.25) is 0 Å². The number of nitrogens with zero attached hydrogens (tertiary/aromatic N) is 4. The van der Waals surface area contributed by atoms with E-state index in [0.717, 1.165) is 38.0 Å². The lowest BCUT2D eigenvalue weighted by Gasteiger charge is -2.42. The third kappa shape index (κ3) is 3.39. The van der Waals surface area contributed by atoms with Crippen LogP contribution < -0.4 is 10.6 Å². The Balaban J connectivity index is 1.57. The van der Waals surface area contributed by atoms with Crippen LogP contribution in [0.15, 0.2) is 18.3 Å². The topological polar surface area (TPSA) is 65.7 Å². The maximum Gasteiger partial charge on any atom is 0.248 e. The molecule has 0 spiro atoms. The fraction of sp³-hybridized carbons (Fsp3) is 0.625.